The van der Waals surface area contributed by atoms with Gasteiger partial charge in [-0.05, 0) is 44.5 Å². The van der Waals surface area contributed by atoms with Crippen LogP contribution in [-0.2, 0) is 6.54 Å². The van der Waals surface area contributed by atoms with Crippen LogP contribution in [0.2, 0.25) is 0 Å². The number of aliphatic hydroxyl groups excluding tert-OH is 1. The van der Waals surface area contributed by atoms with E-state index in [0.29, 0.717) is 12.3 Å². The molecule has 20 heavy (non-hydrogen) atoms. The van der Waals surface area contributed by atoms with E-state index in [2.05, 4.69) is 4.90 Å². The van der Waals surface area contributed by atoms with Crippen molar-refractivity contribution in [3.05, 3.63) is 33.9 Å². The number of hydrogen-bond donors (Lipinski definition) is 1. The van der Waals surface area contributed by atoms with Gasteiger partial charge in [-0.15, -0.1) is 0 Å². The van der Waals surface area contributed by atoms with Gasteiger partial charge in [-0.3, -0.25) is 10.1 Å². The lowest BCUT2D eigenvalue weighted by Crippen LogP contribution is -2.19. The second kappa shape index (κ2) is 8.50. The number of ether oxygens (including phenoxy) is 1. The molecule has 1 aromatic rings. The van der Waals surface area contributed by atoms with Gasteiger partial charge in [-0.25, -0.2) is 0 Å². The first kappa shape index (κ1) is 16.4. The average Bonchev–Trinajstić information content (AvgIpc) is 2.43. The molecule has 0 radical (unpaired) electrons. The topological polar surface area (TPSA) is 75.8 Å². The maximum atomic E-state index is 10.9. The molecule has 1 aromatic carbocycles. The van der Waals surface area contributed by atoms with Gasteiger partial charge >= 0.3 is 0 Å². The number of benzene rings is 1. The van der Waals surface area contributed by atoms with Crippen LogP contribution in [0.5, 0.6) is 5.75 Å². The van der Waals surface area contributed by atoms with Gasteiger partial charge < -0.3 is 14.7 Å². The first-order valence-electron chi connectivity index (χ1n) is 6.68. The van der Waals surface area contributed by atoms with E-state index in [1.165, 1.54) is 13.2 Å². The Labute approximate surface area is 119 Å². The predicted molar refractivity (Wildman–Crippen MR) is 76.9 cm³/mol. The molecule has 0 saturated carbocycles. The van der Waals surface area contributed by atoms with Gasteiger partial charge in [-0.2, -0.15) is 0 Å². The molecule has 0 aliphatic rings. The molecule has 1 N–H and O–H groups in total. The Balaban J connectivity index is 2.61. The zero-order valence-electron chi connectivity index (χ0n) is 12.0. The normalized spacial score (nSPS) is 10.8. The van der Waals surface area contributed by atoms with Crippen molar-refractivity contribution in [1.29, 1.82) is 0 Å². The molecule has 0 heterocycles. The van der Waals surface area contributed by atoms with E-state index in [1.54, 1.807) is 6.07 Å². The number of non-ortho nitro benzene ring substituents is 1. The fourth-order valence-electron chi connectivity index (χ4n) is 2.02. The molecular formula is C14H22N2O4. The van der Waals surface area contributed by atoms with Crippen LogP contribution in [0.3, 0.4) is 0 Å². The fraction of sp³-hybridized carbons (Fsp3) is 0.571. The molecule has 1 rings (SSSR count). The number of methoxy groups -OCH3 is 1. The maximum Gasteiger partial charge on any atom is 0.273 e. The van der Waals surface area contributed by atoms with E-state index in [0.717, 1.165) is 31.4 Å². The highest BCUT2D eigenvalue weighted by Crippen LogP contribution is 2.23. The summed E-state index contributed by atoms with van der Waals surface area (Å²) in [5.41, 5.74) is 0.911. The maximum absolute atomic E-state index is 10.9. The molecule has 0 bridgehead atoms. The highest BCUT2D eigenvalue weighted by atomic mass is 16.6. The number of hydrogen-bond acceptors (Lipinski definition) is 5. The number of unbranched alkanes of at least 4 members (excludes halogenated alkanes) is 2. The van der Waals surface area contributed by atoms with Crippen molar-refractivity contribution in [1.82, 2.24) is 4.90 Å². The van der Waals surface area contributed by atoms with Crippen LogP contribution in [0.4, 0.5) is 5.69 Å². The number of rotatable bonds is 9. The van der Waals surface area contributed by atoms with Crippen molar-refractivity contribution in [3.8, 4) is 5.75 Å². The third-order valence-corrected chi connectivity index (χ3v) is 3.05. The minimum Gasteiger partial charge on any atom is -0.496 e. The highest BCUT2D eigenvalue weighted by molar-refractivity contribution is 5.42. The molecule has 0 unspecified atom stereocenters. The molecule has 6 heteroatoms. The lowest BCUT2D eigenvalue weighted by molar-refractivity contribution is -0.385. The van der Waals surface area contributed by atoms with Gasteiger partial charge in [-0.1, -0.05) is 0 Å². The van der Waals surface area contributed by atoms with Crippen LogP contribution in [0.15, 0.2) is 18.2 Å². The van der Waals surface area contributed by atoms with E-state index in [9.17, 15) is 10.1 Å². The summed E-state index contributed by atoms with van der Waals surface area (Å²) in [5.74, 6) is 0.503. The Kier molecular flexibility index (Phi) is 6.97. The van der Waals surface area contributed by atoms with Crippen molar-refractivity contribution in [2.45, 2.75) is 25.8 Å². The van der Waals surface area contributed by atoms with Crippen LogP contribution < -0.4 is 4.74 Å². The molecule has 112 valence electrons. The summed E-state index contributed by atoms with van der Waals surface area (Å²) in [6.07, 6.45) is 2.81. The Morgan fingerprint density at radius 1 is 1.30 bits per heavy atom. The second-order valence-electron chi connectivity index (χ2n) is 4.82. The molecule has 0 spiro atoms. The molecule has 0 amide bonds. The molecule has 0 atom stereocenters. The smallest absolute Gasteiger partial charge is 0.273 e. The number of nitrogens with zero attached hydrogens (tertiary/aromatic N) is 2. The highest BCUT2D eigenvalue weighted by Gasteiger charge is 2.11. The summed E-state index contributed by atoms with van der Waals surface area (Å²) >= 11 is 0. The monoisotopic (exact) mass is 282 g/mol. The van der Waals surface area contributed by atoms with Crippen molar-refractivity contribution < 1.29 is 14.8 Å². The number of aliphatic hydroxyl groups is 1. The minimum atomic E-state index is -0.409. The predicted octanol–water partition coefficient (Wildman–Crippen LogP) is 2.20. The Hall–Kier alpha value is -1.66. The van der Waals surface area contributed by atoms with Gasteiger partial charge in [0.05, 0.1) is 18.1 Å². The zero-order chi connectivity index (χ0) is 15.0. The molecule has 0 aliphatic heterocycles. The number of nitro benzene ring substituents is 1. The van der Waals surface area contributed by atoms with Crippen LogP contribution in [-0.4, -0.2) is 42.2 Å². The van der Waals surface area contributed by atoms with Gasteiger partial charge in [0.15, 0.2) is 0 Å². The average molecular weight is 282 g/mol. The minimum absolute atomic E-state index is 0.0491. The van der Waals surface area contributed by atoms with Crippen molar-refractivity contribution in [3.63, 3.8) is 0 Å². The molecule has 0 saturated heterocycles. The van der Waals surface area contributed by atoms with Crippen LogP contribution in [0.1, 0.15) is 24.8 Å². The summed E-state index contributed by atoms with van der Waals surface area (Å²) < 4.78 is 5.09. The first-order valence-corrected chi connectivity index (χ1v) is 6.68. The Morgan fingerprint density at radius 2 is 2.05 bits per heavy atom. The summed E-state index contributed by atoms with van der Waals surface area (Å²) in [6, 6.07) is 4.81. The largest absolute Gasteiger partial charge is 0.496 e. The fourth-order valence-corrected chi connectivity index (χ4v) is 2.02. The third-order valence-electron chi connectivity index (χ3n) is 3.05. The van der Waals surface area contributed by atoms with Crippen LogP contribution in [0, 0.1) is 10.1 Å². The quantitative estimate of drug-likeness (QED) is 0.427. The van der Waals surface area contributed by atoms with Crippen LogP contribution in [0.25, 0.3) is 0 Å². The van der Waals surface area contributed by atoms with Crippen molar-refractivity contribution in [2.75, 3.05) is 27.3 Å². The summed E-state index contributed by atoms with van der Waals surface area (Å²) in [5, 5.41) is 19.6. The molecule has 6 nitrogen and oxygen atoms in total. The molecule has 0 fully saturated rings. The van der Waals surface area contributed by atoms with Gasteiger partial charge in [0.2, 0.25) is 0 Å². The van der Waals surface area contributed by atoms with Crippen LogP contribution >= 0.6 is 0 Å². The zero-order valence-corrected chi connectivity index (χ0v) is 12.0. The Bertz CT molecular complexity index is 437. The Morgan fingerprint density at radius 3 is 2.65 bits per heavy atom. The lowest BCUT2D eigenvalue weighted by Gasteiger charge is -2.16. The van der Waals surface area contributed by atoms with Crippen molar-refractivity contribution >= 4 is 5.69 Å². The van der Waals surface area contributed by atoms with Gasteiger partial charge in [0, 0.05) is 19.2 Å². The van der Waals surface area contributed by atoms with E-state index >= 15 is 0 Å². The second-order valence-corrected chi connectivity index (χ2v) is 4.82. The lowest BCUT2D eigenvalue weighted by atomic mass is 10.1. The standard InChI is InChI=1S/C14H22N2O4/c1-15(6-4-3-5-7-17)11-12-8-13(16(18)19)10-14(9-12)20-2/h8-10,17H,3-7,11H2,1-2H3. The van der Waals surface area contributed by atoms with E-state index < -0.39 is 4.92 Å². The molecule has 0 aromatic heterocycles. The first-order chi connectivity index (χ1) is 9.56. The summed E-state index contributed by atoms with van der Waals surface area (Å²) in [4.78, 5) is 12.6. The SMILES string of the molecule is COc1cc(CN(C)CCCCCO)cc([N+](=O)[O-])c1. The molecule has 0 aliphatic carbocycles. The van der Waals surface area contributed by atoms with Crippen molar-refractivity contribution in [2.24, 2.45) is 0 Å². The van der Waals surface area contributed by atoms with E-state index in [4.69, 9.17) is 9.84 Å². The van der Waals surface area contributed by atoms with Gasteiger partial charge in [0.25, 0.3) is 5.69 Å². The van der Waals surface area contributed by atoms with E-state index in [-0.39, 0.29) is 12.3 Å². The number of nitro groups is 1. The summed E-state index contributed by atoms with van der Waals surface area (Å²) in [7, 11) is 3.48. The third kappa shape index (κ3) is 5.54. The summed E-state index contributed by atoms with van der Waals surface area (Å²) in [6.45, 7) is 1.76. The van der Waals surface area contributed by atoms with Gasteiger partial charge in [0.1, 0.15) is 5.75 Å². The molecular weight excluding hydrogens is 260 g/mol. The van der Waals surface area contributed by atoms with E-state index in [1.807, 2.05) is 13.1 Å².